The smallest absolute Gasteiger partial charge is 0.126 e. The summed E-state index contributed by atoms with van der Waals surface area (Å²) in [6.07, 6.45) is 6.75. The maximum absolute atomic E-state index is 6.54. The third-order valence-electron chi connectivity index (χ3n) is 8.04. The zero-order valence-electron chi connectivity index (χ0n) is 27.0. The average Bonchev–Trinajstić information content (AvgIpc) is 3.03. The molecule has 4 aromatic rings. The van der Waals surface area contributed by atoms with Crippen molar-refractivity contribution in [3.8, 4) is 23.0 Å². The predicted molar refractivity (Wildman–Crippen MR) is 180 cm³/mol. The van der Waals surface area contributed by atoms with E-state index >= 15 is 0 Å². The molecule has 0 saturated carbocycles. The topological polar surface area (TPSA) is 36.9 Å². The Morgan fingerprint density at radius 3 is 0.682 bits per heavy atom. The molecule has 4 aromatic carbocycles. The zero-order chi connectivity index (χ0) is 30.7. The van der Waals surface area contributed by atoms with Crippen molar-refractivity contribution in [1.29, 1.82) is 0 Å². The summed E-state index contributed by atoms with van der Waals surface area (Å²) in [5.41, 5.74) is 9.46. The Kier molecular flexibility index (Phi) is 11.2. The summed E-state index contributed by atoms with van der Waals surface area (Å²) in [5.74, 6) is 3.95. The highest BCUT2D eigenvalue weighted by Gasteiger charge is 2.21. The summed E-state index contributed by atoms with van der Waals surface area (Å²) in [6, 6.07) is 26.3. The SMILES string of the molecule is CCCOc1c2cccc1Cc1cccc(c1OCCC)Cc1cccc(c1OCCC)Cc1cccc(c1OCCC)C2. The molecule has 0 spiro atoms. The fourth-order valence-corrected chi connectivity index (χ4v) is 6.04. The van der Waals surface area contributed by atoms with Crippen molar-refractivity contribution < 1.29 is 18.9 Å². The predicted octanol–water partition coefficient (Wildman–Crippen LogP) is 9.52. The van der Waals surface area contributed by atoms with Crippen molar-refractivity contribution in [3.05, 3.63) is 117 Å². The molecule has 44 heavy (non-hydrogen) atoms. The molecular weight excluding hydrogens is 544 g/mol. The quantitative estimate of drug-likeness (QED) is 0.145. The highest BCUT2D eigenvalue weighted by molar-refractivity contribution is 5.56. The van der Waals surface area contributed by atoms with Crippen LogP contribution < -0.4 is 18.9 Å². The summed E-state index contributed by atoms with van der Waals surface area (Å²) in [7, 11) is 0. The second kappa shape index (κ2) is 15.7. The largest absolute Gasteiger partial charge is 0.493 e. The van der Waals surface area contributed by atoms with Crippen LogP contribution in [0.5, 0.6) is 23.0 Å². The summed E-state index contributed by atoms with van der Waals surface area (Å²) >= 11 is 0. The normalized spacial score (nSPS) is 12.5. The van der Waals surface area contributed by atoms with Crippen molar-refractivity contribution in [3.63, 3.8) is 0 Å². The maximum Gasteiger partial charge on any atom is 0.126 e. The third kappa shape index (κ3) is 7.41. The van der Waals surface area contributed by atoms with E-state index in [0.717, 1.165) is 74.4 Å². The van der Waals surface area contributed by atoms with Crippen LogP contribution in [0.2, 0.25) is 0 Å². The van der Waals surface area contributed by atoms with E-state index in [1.165, 1.54) is 44.5 Å². The molecule has 0 heterocycles. The van der Waals surface area contributed by atoms with E-state index in [1.807, 2.05) is 0 Å². The minimum Gasteiger partial charge on any atom is -0.493 e. The van der Waals surface area contributed by atoms with Gasteiger partial charge in [-0.2, -0.15) is 0 Å². The molecule has 0 atom stereocenters. The van der Waals surface area contributed by atoms with Gasteiger partial charge in [0.2, 0.25) is 0 Å². The minimum atomic E-state index is 0.678. The van der Waals surface area contributed by atoms with Crippen LogP contribution in [0, 0.1) is 0 Å². The Morgan fingerprint density at radius 2 is 0.523 bits per heavy atom. The van der Waals surface area contributed by atoms with Gasteiger partial charge in [-0.15, -0.1) is 0 Å². The first kappa shape index (κ1) is 31.5. The van der Waals surface area contributed by atoms with Crippen LogP contribution in [0.15, 0.2) is 72.8 Å². The van der Waals surface area contributed by atoms with Gasteiger partial charge in [-0.05, 0) is 70.2 Å². The molecule has 1 aliphatic carbocycles. The van der Waals surface area contributed by atoms with Crippen molar-refractivity contribution in [2.75, 3.05) is 26.4 Å². The lowest BCUT2D eigenvalue weighted by Gasteiger charge is -2.22. The number of para-hydroxylation sites is 4. The molecule has 1 aliphatic rings. The summed E-state index contributed by atoms with van der Waals surface area (Å²) in [5, 5.41) is 0. The van der Waals surface area contributed by atoms with Crippen molar-refractivity contribution in [2.45, 2.75) is 79.1 Å². The molecule has 0 radical (unpaired) electrons. The maximum atomic E-state index is 6.54. The highest BCUT2D eigenvalue weighted by Crippen LogP contribution is 2.39. The summed E-state index contributed by atoms with van der Waals surface area (Å²) in [6.45, 7) is 11.4. The van der Waals surface area contributed by atoms with E-state index in [1.54, 1.807) is 0 Å². The molecular formula is C40H48O4. The van der Waals surface area contributed by atoms with Crippen LogP contribution in [-0.2, 0) is 25.7 Å². The van der Waals surface area contributed by atoms with Crippen LogP contribution in [0.25, 0.3) is 0 Å². The van der Waals surface area contributed by atoms with Crippen molar-refractivity contribution in [2.24, 2.45) is 0 Å². The molecule has 232 valence electrons. The third-order valence-corrected chi connectivity index (χ3v) is 8.04. The number of fused-ring (bicyclic) bond motifs is 8. The van der Waals surface area contributed by atoms with Crippen LogP contribution >= 0.6 is 0 Å². The first-order chi connectivity index (χ1) is 21.7. The van der Waals surface area contributed by atoms with Crippen molar-refractivity contribution in [1.82, 2.24) is 0 Å². The van der Waals surface area contributed by atoms with Gasteiger partial charge >= 0.3 is 0 Å². The standard InChI is InChI=1S/C40H48O4/c1-5-21-41-37-29-13-9-14-30(37)26-32-16-11-18-34(39(32)43-23-7-3)28-36-20-12-19-35(40(36)44-24-8-4)27-33-17-10-15-31(25-29)38(33)42-22-6-2/h9-20H,5-8,21-28H2,1-4H3. The first-order valence-electron chi connectivity index (χ1n) is 16.6. The van der Waals surface area contributed by atoms with Crippen LogP contribution in [0.4, 0.5) is 0 Å². The van der Waals surface area contributed by atoms with Gasteiger partial charge in [-0.3, -0.25) is 0 Å². The molecule has 0 unspecified atom stereocenters. The minimum absolute atomic E-state index is 0.678. The number of hydrogen-bond acceptors (Lipinski definition) is 4. The van der Waals surface area contributed by atoms with Gasteiger partial charge in [0.25, 0.3) is 0 Å². The van der Waals surface area contributed by atoms with Gasteiger partial charge in [-0.1, -0.05) is 100 Å². The lowest BCUT2D eigenvalue weighted by molar-refractivity contribution is 0.304. The Balaban J connectivity index is 1.74. The molecule has 0 aromatic heterocycles. The highest BCUT2D eigenvalue weighted by atomic mass is 16.5. The van der Waals surface area contributed by atoms with E-state index in [4.69, 9.17) is 18.9 Å². The van der Waals surface area contributed by atoms with Gasteiger partial charge in [0.1, 0.15) is 23.0 Å². The van der Waals surface area contributed by atoms with E-state index in [0.29, 0.717) is 26.4 Å². The Hall–Kier alpha value is -3.92. The van der Waals surface area contributed by atoms with Gasteiger partial charge in [0.15, 0.2) is 0 Å². The number of hydrogen-bond donors (Lipinski definition) is 0. The Morgan fingerprint density at radius 1 is 0.341 bits per heavy atom. The second-order valence-electron chi connectivity index (χ2n) is 11.7. The first-order valence-corrected chi connectivity index (χ1v) is 16.6. The van der Waals surface area contributed by atoms with E-state index in [2.05, 4.69) is 100 Å². The van der Waals surface area contributed by atoms with E-state index < -0.39 is 0 Å². The van der Waals surface area contributed by atoms with E-state index in [9.17, 15) is 0 Å². The average molecular weight is 593 g/mol. The lowest BCUT2D eigenvalue weighted by Crippen LogP contribution is -2.10. The van der Waals surface area contributed by atoms with Gasteiger partial charge in [0, 0.05) is 25.7 Å². The molecule has 0 saturated heterocycles. The van der Waals surface area contributed by atoms with Crippen LogP contribution in [0.3, 0.4) is 0 Å². The lowest BCUT2D eigenvalue weighted by atomic mass is 9.91. The molecule has 0 fully saturated rings. The second-order valence-corrected chi connectivity index (χ2v) is 11.7. The Bertz CT molecular complexity index is 1210. The fourth-order valence-electron chi connectivity index (χ4n) is 6.04. The molecule has 4 heteroatoms. The van der Waals surface area contributed by atoms with E-state index in [-0.39, 0.29) is 0 Å². The number of rotatable bonds is 12. The molecule has 5 rings (SSSR count). The van der Waals surface area contributed by atoms with Gasteiger partial charge in [0.05, 0.1) is 26.4 Å². The zero-order valence-corrected chi connectivity index (χ0v) is 27.0. The fraction of sp³-hybridized carbons (Fsp3) is 0.400. The molecule has 8 bridgehead atoms. The summed E-state index contributed by atoms with van der Waals surface area (Å²) < 4.78 is 26.2. The Labute approximate surface area is 264 Å². The van der Waals surface area contributed by atoms with Gasteiger partial charge < -0.3 is 18.9 Å². The van der Waals surface area contributed by atoms with Crippen LogP contribution in [-0.4, -0.2) is 26.4 Å². The number of ether oxygens (including phenoxy) is 4. The molecule has 4 nitrogen and oxygen atoms in total. The van der Waals surface area contributed by atoms with Crippen molar-refractivity contribution >= 4 is 0 Å². The van der Waals surface area contributed by atoms with Crippen LogP contribution in [0.1, 0.15) is 97.9 Å². The summed E-state index contributed by atoms with van der Waals surface area (Å²) in [4.78, 5) is 0. The monoisotopic (exact) mass is 592 g/mol. The molecule has 0 aliphatic heterocycles. The molecule has 0 amide bonds. The number of benzene rings is 4. The molecule has 0 N–H and O–H groups in total. The van der Waals surface area contributed by atoms with Gasteiger partial charge in [-0.25, -0.2) is 0 Å².